The van der Waals surface area contributed by atoms with Gasteiger partial charge in [-0.1, -0.05) is 97.9 Å². The SMILES string of the molecule is C=CCc1ccc(C(C)C)c(/N=C(\C)c2cccc(/C(C)=N/c3c(C(C)C)cccc3C(C)C)n2)c1C(C)C.[Cl-].[Cl-].[Co+2]. The number of nitrogens with zero attached hydrogens (tertiary/aromatic N) is 3. The Hall–Kier alpha value is -2.24. The molecule has 0 aliphatic carbocycles. The quantitative estimate of drug-likeness (QED) is 0.234. The summed E-state index contributed by atoms with van der Waals surface area (Å²) in [6, 6.07) is 17.2. The zero-order chi connectivity index (χ0) is 28.9. The maximum Gasteiger partial charge on any atom is 2.00 e. The van der Waals surface area contributed by atoms with Crippen LogP contribution < -0.4 is 24.8 Å². The van der Waals surface area contributed by atoms with Crippen molar-refractivity contribution in [3.05, 3.63) is 100 Å². The van der Waals surface area contributed by atoms with Gasteiger partial charge in [-0.05, 0) is 83.9 Å². The molecule has 1 aromatic heterocycles. The minimum atomic E-state index is 0. The first-order chi connectivity index (χ1) is 18.5. The molecule has 0 aliphatic heterocycles. The number of halogens is 2. The molecule has 0 N–H and O–H groups in total. The first-order valence-corrected chi connectivity index (χ1v) is 14.4. The molecule has 0 saturated carbocycles. The van der Waals surface area contributed by atoms with Crippen molar-refractivity contribution in [2.75, 3.05) is 0 Å². The summed E-state index contributed by atoms with van der Waals surface area (Å²) in [4.78, 5) is 15.5. The van der Waals surface area contributed by atoms with E-state index >= 15 is 0 Å². The average Bonchev–Trinajstić information content (AvgIpc) is 2.88. The Labute approximate surface area is 277 Å². The minimum Gasteiger partial charge on any atom is -1.00 e. The van der Waals surface area contributed by atoms with Gasteiger partial charge in [0.05, 0.1) is 34.2 Å². The van der Waals surface area contributed by atoms with Crippen molar-refractivity contribution in [1.29, 1.82) is 0 Å². The predicted octanol–water partition coefficient (Wildman–Crippen LogP) is 4.59. The molecule has 0 aliphatic rings. The second-order valence-electron chi connectivity index (χ2n) is 11.8. The molecule has 42 heavy (non-hydrogen) atoms. The molecular weight excluding hydrogens is 604 g/mol. The van der Waals surface area contributed by atoms with Crippen LogP contribution in [0.25, 0.3) is 0 Å². The Morgan fingerprint density at radius 1 is 0.667 bits per heavy atom. The fraction of sp³-hybridized carbons (Fsp3) is 0.417. The number of rotatable bonds is 10. The topological polar surface area (TPSA) is 37.6 Å². The van der Waals surface area contributed by atoms with Gasteiger partial charge in [0.1, 0.15) is 0 Å². The van der Waals surface area contributed by atoms with E-state index in [2.05, 4.69) is 118 Å². The molecule has 2 aromatic carbocycles. The zero-order valence-corrected chi connectivity index (χ0v) is 29.4. The van der Waals surface area contributed by atoms with Crippen LogP contribution in [-0.4, -0.2) is 16.4 Å². The molecule has 1 radical (unpaired) electrons. The van der Waals surface area contributed by atoms with Crippen molar-refractivity contribution in [3.8, 4) is 0 Å². The second kappa shape index (κ2) is 17.8. The van der Waals surface area contributed by atoms with Gasteiger partial charge in [-0.3, -0.25) is 9.98 Å². The number of hydrogen-bond donors (Lipinski definition) is 0. The number of hydrogen-bond acceptors (Lipinski definition) is 3. The Balaban J connectivity index is 0.00000560. The fourth-order valence-electron chi connectivity index (χ4n) is 5.16. The van der Waals surface area contributed by atoms with Crippen LogP contribution in [0.1, 0.15) is 132 Å². The summed E-state index contributed by atoms with van der Waals surface area (Å²) in [5, 5.41) is 0. The standard InChI is InChI=1S/C36H47N3.2ClH.Co/c1-12-15-28-20-21-31(24(6)7)36(34(28)25(8)9)38-27(11)33-19-14-18-32(39-33)26(10)37-35-29(22(2)3)16-13-17-30(35)23(4)5;;;/h12-14,16-25H,1,15H2,2-11H3;2*1H;/q;;;+2/p-2/b37-26+,38-27+;;;. The van der Waals surface area contributed by atoms with E-state index in [0.29, 0.717) is 23.7 Å². The Morgan fingerprint density at radius 3 is 1.52 bits per heavy atom. The number of aromatic nitrogens is 1. The molecule has 0 amide bonds. The molecule has 0 spiro atoms. The van der Waals surface area contributed by atoms with Crippen LogP contribution in [0.4, 0.5) is 11.4 Å². The van der Waals surface area contributed by atoms with Gasteiger partial charge >= 0.3 is 16.8 Å². The van der Waals surface area contributed by atoms with Crippen molar-refractivity contribution < 1.29 is 41.6 Å². The van der Waals surface area contributed by atoms with Crippen LogP contribution in [0.15, 0.2) is 71.2 Å². The monoisotopic (exact) mass is 650 g/mol. The van der Waals surface area contributed by atoms with Crippen molar-refractivity contribution in [2.24, 2.45) is 9.98 Å². The zero-order valence-electron chi connectivity index (χ0n) is 26.9. The summed E-state index contributed by atoms with van der Waals surface area (Å²) in [5.41, 5.74) is 12.2. The van der Waals surface area contributed by atoms with Gasteiger partial charge < -0.3 is 24.8 Å². The van der Waals surface area contributed by atoms with Crippen LogP contribution in [0.5, 0.6) is 0 Å². The van der Waals surface area contributed by atoms with Crippen LogP contribution in [-0.2, 0) is 23.2 Å². The molecule has 229 valence electrons. The molecule has 3 rings (SSSR count). The van der Waals surface area contributed by atoms with Crippen molar-refractivity contribution >= 4 is 22.8 Å². The number of pyridine rings is 1. The molecule has 0 saturated heterocycles. The third-order valence-corrected chi connectivity index (χ3v) is 7.29. The Kier molecular flexibility index (Phi) is 16.8. The first-order valence-electron chi connectivity index (χ1n) is 14.4. The smallest absolute Gasteiger partial charge is 1.00 e. The summed E-state index contributed by atoms with van der Waals surface area (Å²) in [7, 11) is 0. The van der Waals surface area contributed by atoms with E-state index in [4.69, 9.17) is 15.0 Å². The molecule has 3 aromatic rings. The minimum absolute atomic E-state index is 0. The Bertz CT molecular complexity index is 1360. The van der Waals surface area contributed by atoms with Gasteiger partial charge in [-0.25, -0.2) is 4.98 Å². The van der Waals surface area contributed by atoms with E-state index in [0.717, 1.165) is 40.6 Å². The van der Waals surface area contributed by atoms with Gasteiger partial charge in [0.2, 0.25) is 0 Å². The maximum absolute atomic E-state index is 5.25. The van der Waals surface area contributed by atoms with Gasteiger partial charge in [0.25, 0.3) is 0 Å². The van der Waals surface area contributed by atoms with Gasteiger partial charge in [0, 0.05) is 0 Å². The third-order valence-electron chi connectivity index (χ3n) is 7.29. The van der Waals surface area contributed by atoms with Crippen molar-refractivity contribution in [1.82, 2.24) is 4.98 Å². The van der Waals surface area contributed by atoms with E-state index in [-0.39, 0.29) is 41.6 Å². The molecule has 3 nitrogen and oxygen atoms in total. The summed E-state index contributed by atoms with van der Waals surface area (Å²) < 4.78 is 0. The van der Waals surface area contributed by atoms with Crippen LogP contribution >= 0.6 is 0 Å². The molecule has 1 heterocycles. The summed E-state index contributed by atoms with van der Waals surface area (Å²) in [6.45, 7) is 26.0. The van der Waals surface area contributed by atoms with E-state index in [1.54, 1.807) is 0 Å². The number of para-hydroxylation sites is 1. The van der Waals surface area contributed by atoms with E-state index in [1.807, 2.05) is 12.1 Å². The van der Waals surface area contributed by atoms with E-state index < -0.39 is 0 Å². The number of benzene rings is 2. The third kappa shape index (κ3) is 9.38. The maximum atomic E-state index is 5.25. The molecule has 6 heteroatoms. The average molecular weight is 652 g/mol. The molecular formula is C36H47Cl2CoN3. The number of aliphatic imine (C=N–C) groups is 2. The van der Waals surface area contributed by atoms with Crippen LogP contribution in [0, 0.1) is 0 Å². The van der Waals surface area contributed by atoms with Crippen LogP contribution in [0.3, 0.4) is 0 Å². The molecule has 0 bridgehead atoms. The molecule has 0 unspecified atom stereocenters. The van der Waals surface area contributed by atoms with Crippen molar-refractivity contribution in [2.45, 2.75) is 99.3 Å². The predicted molar refractivity (Wildman–Crippen MR) is 171 cm³/mol. The number of allylic oxidation sites excluding steroid dienone is 1. The summed E-state index contributed by atoms with van der Waals surface area (Å²) in [5.74, 6) is 1.52. The summed E-state index contributed by atoms with van der Waals surface area (Å²) in [6.07, 6.45) is 2.82. The molecule has 0 atom stereocenters. The molecule has 0 fully saturated rings. The Morgan fingerprint density at radius 2 is 1.10 bits per heavy atom. The van der Waals surface area contributed by atoms with Gasteiger partial charge in [-0.2, -0.15) is 0 Å². The van der Waals surface area contributed by atoms with E-state index in [9.17, 15) is 0 Å². The second-order valence-corrected chi connectivity index (χ2v) is 11.8. The van der Waals surface area contributed by atoms with Crippen LogP contribution in [0.2, 0.25) is 0 Å². The van der Waals surface area contributed by atoms with Gasteiger partial charge in [-0.15, -0.1) is 6.58 Å². The fourth-order valence-corrected chi connectivity index (χ4v) is 5.16. The summed E-state index contributed by atoms with van der Waals surface area (Å²) >= 11 is 0. The first kappa shape index (κ1) is 39.8. The van der Waals surface area contributed by atoms with Gasteiger partial charge in [0.15, 0.2) is 0 Å². The van der Waals surface area contributed by atoms with Crippen molar-refractivity contribution in [3.63, 3.8) is 0 Å². The largest absolute Gasteiger partial charge is 2.00 e. The normalized spacial score (nSPS) is 11.9. The van der Waals surface area contributed by atoms with E-state index in [1.165, 1.54) is 27.8 Å².